The van der Waals surface area contributed by atoms with Crippen molar-refractivity contribution in [3.63, 3.8) is 0 Å². The predicted molar refractivity (Wildman–Crippen MR) is 300 cm³/mol. The summed E-state index contributed by atoms with van der Waals surface area (Å²) in [5.41, 5.74) is 0. The number of carbonyl (C=O) groups is 1. The average Bonchev–Trinajstić information content (AvgIpc) is 3.31. The van der Waals surface area contributed by atoms with Crippen molar-refractivity contribution in [1.82, 2.24) is 5.32 Å². The summed E-state index contributed by atoms with van der Waals surface area (Å²) in [4.78, 5) is 23.3. The minimum atomic E-state index is -4.34. The first kappa shape index (κ1) is 68.2. The molecule has 0 spiro atoms. The molecule has 0 radical (unpaired) electrons. The number of allylic oxidation sites excluding steroid dienone is 1. The van der Waals surface area contributed by atoms with E-state index in [1.165, 1.54) is 263 Å². The van der Waals surface area contributed by atoms with Crippen LogP contribution in [0.5, 0.6) is 0 Å². The molecule has 9 heteroatoms. The lowest BCUT2D eigenvalue weighted by Crippen LogP contribution is -2.45. The fourth-order valence-corrected chi connectivity index (χ4v) is 10.2. The van der Waals surface area contributed by atoms with Crippen LogP contribution in [0.2, 0.25) is 0 Å². The van der Waals surface area contributed by atoms with Crippen LogP contribution in [0.3, 0.4) is 0 Å². The molecular formula is C60H122N2O6P+. The Bertz CT molecular complexity index is 1130. The Morgan fingerprint density at radius 3 is 1.07 bits per heavy atom. The van der Waals surface area contributed by atoms with Gasteiger partial charge in [0.1, 0.15) is 13.2 Å². The Morgan fingerprint density at radius 2 is 0.768 bits per heavy atom. The van der Waals surface area contributed by atoms with E-state index in [-0.39, 0.29) is 19.1 Å². The second-order valence-corrected chi connectivity index (χ2v) is 23.9. The normalized spacial score (nSPS) is 13.9. The molecule has 0 bridgehead atoms. The first-order valence-electron chi connectivity index (χ1n) is 30.6. The number of carbonyl (C=O) groups excluding carboxylic acids is 1. The quantitative estimate of drug-likeness (QED) is 0.0243. The highest BCUT2D eigenvalue weighted by Crippen LogP contribution is 2.43. The van der Waals surface area contributed by atoms with Gasteiger partial charge in [0.2, 0.25) is 5.91 Å². The van der Waals surface area contributed by atoms with E-state index in [1.54, 1.807) is 6.08 Å². The van der Waals surface area contributed by atoms with Gasteiger partial charge in [0, 0.05) is 6.42 Å². The van der Waals surface area contributed by atoms with Gasteiger partial charge in [-0.05, 0) is 19.3 Å². The summed E-state index contributed by atoms with van der Waals surface area (Å²) in [6, 6.07) is -0.842. The minimum absolute atomic E-state index is 0.0651. The van der Waals surface area contributed by atoms with E-state index < -0.39 is 20.0 Å². The number of nitrogens with one attached hydrogen (secondary N) is 1. The number of nitrogens with zero attached hydrogens (tertiary/aromatic N) is 1. The van der Waals surface area contributed by atoms with Gasteiger partial charge in [-0.1, -0.05) is 302 Å². The molecule has 0 saturated heterocycles. The second-order valence-electron chi connectivity index (χ2n) is 22.4. The number of phosphoric acid groups is 1. The summed E-state index contributed by atoms with van der Waals surface area (Å²) >= 11 is 0. The van der Waals surface area contributed by atoms with Gasteiger partial charge in [-0.15, -0.1) is 0 Å². The first-order valence-corrected chi connectivity index (χ1v) is 32.1. The van der Waals surface area contributed by atoms with E-state index in [1.807, 2.05) is 27.2 Å². The van der Waals surface area contributed by atoms with Crippen LogP contribution in [-0.4, -0.2) is 73.4 Å². The van der Waals surface area contributed by atoms with Gasteiger partial charge < -0.3 is 19.8 Å². The third-order valence-corrected chi connectivity index (χ3v) is 15.2. The number of quaternary nitrogens is 1. The smallest absolute Gasteiger partial charge is 0.387 e. The first-order chi connectivity index (χ1) is 33.5. The van der Waals surface area contributed by atoms with Crippen LogP contribution in [0.25, 0.3) is 0 Å². The number of aliphatic hydroxyl groups excluding tert-OH is 1. The highest BCUT2D eigenvalue weighted by Gasteiger charge is 2.27. The van der Waals surface area contributed by atoms with Crippen LogP contribution in [-0.2, 0) is 18.4 Å². The fourth-order valence-electron chi connectivity index (χ4n) is 9.46. The van der Waals surface area contributed by atoms with Crippen molar-refractivity contribution in [2.24, 2.45) is 0 Å². The molecule has 0 aromatic heterocycles. The van der Waals surface area contributed by atoms with E-state index in [0.717, 1.165) is 32.1 Å². The van der Waals surface area contributed by atoms with Crippen molar-refractivity contribution < 1.29 is 32.9 Å². The maximum atomic E-state index is 13.0. The van der Waals surface area contributed by atoms with E-state index >= 15 is 0 Å². The molecule has 0 aliphatic carbocycles. The lowest BCUT2D eigenvalue weighted by atomic mass is 10.0. The van der Waals surface area contributed by atoms with Crippen LogP contribution < -0.4 is 5.32 Å². The zero-order valence-electron chi connectivity index (χ0n) is 47.1. The molecule has 0 rings (SSSR count). The Hall–Kier alpha value is -0.760. The maximum absolute atomic E-state index is 13.0. The van der Waals surface area contributed by atoms with Crippen molar-refractivity contribution in [2.75, 3.05) is 40.9 Å². The van der Waals surface area contributed by atoms with Crippen LogP contribution in [0.4, 0.5) is 0 Å². The number of aliphatic hydroxyl groups is 1. The Kier molecular flexibility index (Phi) is 51.5. The van der Waals surface area contributed by atoms with Gasteiger partial charge in [-0.25, -0.2) is 4.57 Å². The van der Waals surface area contributed by atoms with E-state index in [9.17, 15) is 19.4 Å². The van der Waals surface area contributed by atoms with Gasteiger partial charge in [0.05, 0.1) is 39.9 Å². The minimum Gasteiger partial charge on any atom is -0.387 e. The number of likely N-dealkylation sites (N-methyl/N-ethyl adjacent to an activating group) is 1. The molecule has 0 aromatic carbocycles. The molecule has 3 unspecified atom stereocenters. The maximum Gasteiger partial charge on any atom is 0.472 e. The van der Waals surface area contributed by atoms with Crippen molar-refractivity contribution in [2.45, 2.75) is 328 Å². The van der Waals surface area contributed by atoms with Crippen LogP contribution >= 0.6 is 7.82 Å². The van der Waals surface area contributed by atoms with Crippen LogP contribution in [0, 0.1) is 0 Å². The monoisotopic (exact) mass is 998 g/mol. The van der Waals surface area contributed by atoms with Gasteiger partial charge in [0.25, 0.3) is 0 Å². The third kappa shape index (κ3) is 54.8. The zero-order valence-corrected chi connectivity index (χ0v) is 48.0. The molecule has 69 heavy (non-hydrogen) atoms. The van der Waals surface area contributed by atoms with Crippen LogP contribution in [0.15, 0.2) is 12.2 Å². The van der Waals surface area contributed by atoms with E-state index in [4.69, 9.17) is 9.05 Å². The number of hydrogen-bond donors (Lipinski definition) is 3. The molecule has 0 aliphatic rings. The van der Waals surface area contributed by atoms with Crippen LogP contribution in [0.1, 0.15) is 316 Å². The summed E-state index contributed by atoms with van der Waals surface area (Å²) in [7, 11) is 1.59. The summed E-state index contributed by atoms with van der Waals surface area (Å²) in [6.07, 6.45) is 64.7. The fraction of sp³-hybridized carbons (Fsp3) is 0.950. The Morgan fingerprint density at radius 1 is 0.478 bits per heavy atom. The summed E-state index contributed by atoms with van der Waals surface area (Å²) < 4.78 is 23.7. The second kappa shape index (κ2) is 52.1. The third-order valence-electron chi connectivity index (χ3n) is 14.3. The molecule has 0 saturated carbocycles. The largest absolute Gasteiger partial charge is 0.472 e. The lowest BCUT2D eigenvalue weighted by molar-refractivity contribution is -0.870. The van der Waals surface area contributed by atoms with Crippen molar-refractivity contribution >= 4 is 13.7 Å². The molecule has 3 N–H and O–H groups in total. The van der Waals surface area contributed by atoms with Crippen molar-refractivity contribution in [1.29, 1.82) is 0 Å². The molecule has 3 atom stereocenters. The highest BCUT2D eigenvalue weighted by molar-refractivity contribution is 7.47. The Labute approximate surface area is 431 Å². The van der Waals surface area contributed by atoms with E-state index in [0.29, 0.717) is 17.4 Å². The molecule has 8 nitrogen and oxygen atoms in total. The number of rotatable bonds is 57. The van der Waals surface area contributed by atoms with Crippen molar-refractivity contribution in [3.05, 3.63) is 12.2 Å². The number of hydrogen-bond acceptors (Lipinski definition) is 5. The molecule has 0 fully saturated rings. The lowest BCUT2D eigenvalue weighted by Gasteiger charge is -2.25. The van der Waals surface area contributed by atoms with Crippen molar-refractivity contribution in [3.8, 4) is 0 Å². The van der Waals surface area contributed by atoms with Gasteiger partial charge in [0.15, 0.2) is 0 Å². The highest BCUT2D eigenvalue weighted by atomic mass is 31.2. The standard InChI is InChI=1S/C60H121N2O6P/c1-6-8-10-12-14-16-18-20-22-24-25-26-27-28-29-30-31-32-33-34-35-36-37-38-40-42-44-46-48-50-52-54-60(64)61-58(57-68-69(65,66)67-56-55-62(3,4)5)59(63)53-51-49-47-45-43-41-39-23-21-19-17-15-13-11-9-7-2/h51,53,58-59,63H,6-50,52,54-57H2,1-5H3,(H-,61,64,65,66)/p+1/b53-51+. The summed E-state index contributed by atoms with van der Waals surface area (Å²) in [6.45, 7) is 4.87. The zero-order chi connectivity index (χ0) is 50.6. The predicted octanol–water partition coefficient (Wildman–Crippen LogP) is 18.6. The molecular weight excluding hydrogens is 876 g/mol. The molecule has 0 heterocycles. The number of amides is 1. The average molecular weight is 999 g/mol. The summed E-state index contributed by atoms with van der Waals surface area (Å²) in [5.74, 6) is -0.169. The Balaban J connectivity index is 4.02. The van der Waals surface area contributed by atoms with Gasteiger partial charge >= 0.3 is 7.82 Å². The van der Waals surface area contributed by atoms with E-state index in [2.05, 4.69) is 19.2 Å². The SMILES string of the molecule is CCCCCCCCCCCCCCCC/C=C/C(O)C(COP(=O)(O)OCC[N+](C)(C)C)NC(=O)CCCCCCCCCCCCCCCCCCCCCCCCCCCCCCCCC. The molecule has 412 valence electrons. The van der Waals surface area contributed by atoms with Gasteiger partial charge in [-0.3, -0.25) is 13.8 Å². The molecule has 0 aliphatic heterocycles. The number of unbranched alkanes of at least 4 members (excludes halogenated alkanes) is 44. The topological polar surface area (TPSA) is 105 Å². The molecule has 1 amide bonds. The number of phosphoric ester groups is 1. The van der Waals surface area contributed by atoms with Gasteiger partial charge in [-0.2, -0.15) is 0 Å². The molecule has 0 aromatic rings. The summed E-state index contributed by atoms with van der Waals surface area (Å²) in [5, 5.41) is 13.9.